The topological polar surface area (TPSA) is 55.4 Å². The first-order valence-electron chi connectivity index (χ1n) is 5.02. The van der Waals surface area contributed by atoms with Gasteiger partial charge in [0.05, 0.1) is 6.61 Å². The molecule has 14 heavy (non-hydrogen) atoms. The van der Waals surface area contributed by atoms with Crippen LogP contribution < -0.4 is 5.32 Å². The second-order valence-corrected chi connectivity index (χ2v) is 3.81. The van der Waals surface area contributed by atoms with Crippen molar-refractivity contribution in [3.05, 3.63) is 0 Å². The van der Waals surface area contributed by atoms with Gasteiger partial charge in [-0.15, -0.1) is 0 Å². The van der Waals surface area contributed by atoms with Gasteiger partial charge in [0.15, 0.2) is 0 Å². The minimum atomic E-state index is -0.626. The molecule has 0 unspecified atom stereocenters. The van der Waals surface area contributed by atoms with Crippen LogP contribution >= 0.6 is 0 Å². The number of hydrogen-bond donors (Lipinski definition) is 1. The molecule has 0 aromatic carbocycles. The molecule has 1 saturated heterocycles. The lowest BCUT2D eigenvalue weighted by molar-refractivity contribution is -0.156. The fourth-order valence-corrected chi connectivity index (χ4v) is 1.68. The molecule has 4 nitrogen and oxygen atoms in total. The summed E-state index contributed by atoms with van der Waals surface area (Å²) in [4.78, 5) is 22.9. The van der Waals surface area contributed by atoms with Gasteiger partial charge >= 0.3 is 5.97 Å². The fraction of sp³-hybridized carbons (Fsp3) is 0.800. The molecule has 1 heterocycles. The lowest BCUT2D eigenvalue weighted by Gasteiger charge is -2.31. The molecule has 1 aliphatic heterocycles. The maximum absolute atomic E-state index is 11.5. The number of ether oxygens (including phenoxy) is 1. The quantitative estimate of drug-likeness (QED) is 0.522. The molecular weight excluding hydrogens is 182 g/mol. The highest BCUT2D eigenvalue weighted by Crippen LogP contribution is 2.25. The number of piperidine rings is 1. The highest BCUT2D eigenvalue weighted by Gasteiger charge is 2.39. The van der Waals surface area contributed by atoms with E-state index in [2.05, 4.69) is 5.32 Å². The molecule has 0 bridgehead atoms. The maximum Gasteiger partial charge on any atom is 0.318 e. The van der Waals surface area contributed by atoms with Crippen molar-refractivity contribution in [1.29, 1.82) is 0 Å². The molecule has 1 fully saturated rings. The SMILES string of the molecule is CCOC(=O)[C@@H]1C(=O)NC[C@@H](C)[C@@H]1C. The van der Waals surface area contributed by atoms with Crippen molar-refractivity contribution in [3.8, 4) is 0 Å². The Labute approximate surface area is 84.0 Å². The first-order valence-corrected chi connectivity index (χ1v) is 5.02. The minimum absolute atomic E-state index is 0.0581. The van der Waals surface area contributed by atoms with E-state index in [0.717, 1.165) is 0 Å². The molecule has 80 valence electrons. The molecule has 1 rings (SSSR count). The second kappa shape index (κ2) is 4.44. The summed E-state index contributed by atoms with van der Waals surface area (Å²) in [6.45, 7) is 6.66. The number of carbonyl (C=O) groups is 2. The van der Waals surface area contributed by atoms with Gasteiger partial charge in [-0.3, -0.25) is 9.59 Å². The van der Waals surface area contributed by atoms with Crippen LogP contribution in [-0.4, -0.2) is 25.0 Å². The van der Waals surface area contributed by atoms with E-state index < -0.39 is 11.9 Å². The molecule has 1 aliphatic rings. The Morgan fingerprint density at radius 1 is 1.57 bits per heavy atom. The normalized spacial score (nSPS) is 32.2. The average molecular weight is 199 g/mol. The van der Waals surface area contributed by atoms with Gasteiger partial charge in [0.25, 0.3) is 0 Å². The predicted molar refractivity (Wildman–Crippen MR) is 51.5 cm³/mol. The predicted octanol–water partition coefficient (Wildman–Crippen LogP) is 0.568. The van der Waals surface area contributed by atoms with Crippen LogP contribution in [-0.2, 0) is 14.3 Å². The Kier molecular flexibility index (Phi) is 3.49. The average Bonchev–Trinajstić information content (AvgIpc) is 2.13. The van der Waals surface area contributed by atoms with E-state index in [9.17, 15) is 9.59 Å². The zero-order valence-electron chi connectivity index (χ0n) is 8.87. The summed E-state index contributed by atoms with van der Waals surface area (Å²) >= 11 is 0. The van der Waals surface area contributed by atoms with Gasteiger partial charge in [-0.25, -0.2) is 0 Å². The van der Waals surface area contributed by atoms with Crippen molar-refractivity contribution in [2.24, 2.45) is 17.8 Å². The molecule has 1 N–H and O–H groups in total. The molecular formula is C10H17NO3. The highest BCUT2D eigenvalue weighted by atomic mass is 16.5. The van der Waals surface area contributed by atoms with Crippen LogP contribution in [0.4, 0.5) is 0 Å². The number of rotatable bonds is 2. The van der Waals surface area contributed by atoms with Gasteiger partial charge < -0.3 is 10.1 Å². The summed E-state index contributed by atoms with van der Waals surface area (Å²) < 4.78 is 4.87. The third kappa shape index (κ3) is 2.05. The molecule has 0 radical (unpaired) electrons. The molecule has 0 aromatic rings. The molecule has 0 spiro atoms. The Morgan fingerprint density at radius 3 is 2.79 bits per heavy atom. The summed E-state index contributed by atoms with van der Waals surface area (Å²) in [6.07, 6.45) is 0. The van der Waals surface area contributed by atoms with Crippen molar-refractivity contribution in [2.75, 3.05) is 13.2 Å². The molecule has 0 aromatic heterocycles. The van der Waals surface area contributed by atoms with Crippen LogP contribution in [0.5, 0.6) is 0 Å². The Morgan fingerprint density at radius 2 is 2.21 bits per heavy atom. The van der Waals surface area contributed by atoms with Gasteiger partial charge in [0, 0.05) is 6.54 Å². The lowest BCUT2D eigenvalue weighted by Crippen LogP contribution is -2.49. The van der Waals surface area contributed by atoms with Crippen LogP contribution in [0.25, 0.3) is 0 Å². The minimum Gasteiger partial charge on any atom is -0.465 e. The largest absolute Gasteiger partial charge is 0.465 e. The van der Waals surface area contributed by atoms with E-state index >= 15 is 0 Å². The smallest absolute Gasteiger partial charge is 0.318 e. The zero-order chi connectivity index (χ0) is 10.7. The van der Waals surface area contributed by atoms with Crippen LogP contribution in [0.3, 0.4) is 0 Å². The Hall–Kier alpha value is -1.06. The molecule has 0 saturated carbocycles. The van der Waals surface area contributed by atoms with Crippen molar-refractivity contribution in [3.63, 3.8) is 0 Å². The number of esters is 1. The van der Waals surface area contributed by atoms with E-state index in [0.29, 0.717) is 19.1 Å². The van der Waals surface area contributed by atoms with E-state index in [1.165, 1.54) is 0 Å². The standard InChI is InChI=1S/C10H17NO3/c1-4-14-10(13)8-7(3)6(2)5-11-9(8)12/h6-8H,4-5H2,1-3H3,(H,11,12)/t6-,7+,8+/m1/s1. The second-order valence-electron chi connectivity index (χ2n) is 3.81. The molecule has 1 amide bonds. The van der Waals surface area contributed by atoms with Gasteiger partial charge in [-0.05, 0) is 18.8 Å². The first-order chi connectivity index (χ1) is 6.57. The molecule has 3 atom stereocenters. The van der Waals surface area contributed by atoms with E-state index in [1.807, 2.05) is 13.8 Å². The van der Waals surface area contributed by atoms with Crippen LogP contribution in [0.2, 0.25) is 0 Å². The fourth-order valence-electron chi connectivity index (χ4n) is 1.68. The summed E-state index contributed by atoms with van der Waals surface area (Å²) in [7, 11) is 0. The lowest BCUT2D eigenvalue weighted by atomic mass is 9.80. The maximum atomic E-state index is 11.5. The van der Waals surface area contributed by atoms with Gasteiger partial charge in [-0.2, -0.15) is 0 Å². The summed E-state index contributed by atoms with van der Waals surface area (Å²) in [5, 5.41) is 2.71. The molecule has 0 aliphatic carbocycles. The Balaban J connectivity index is 2.71. The van der Waals surface area contributed by atoms with Gasteiger partial charge in [0.2, 0.25) is 5.91 Å². The third-order valence-corrected chi connectivity index (χ3v) is 2.84. The highest BCUT2D eigenvalue weighted by molar-refractivity contribution is 5.98. The summed E-state index contributed by atoms with van der Waals surface area (Å²) in [6, 6.07) is 0. The van der Waals surface area contributed by atoms with Crippen LogP contribution in [0.1, 0.15) is 20.8 Å². The zero-order valence-corrected chi connectivity index (χ0v) is 8.87. The van der Waals surface area contributed by atoms with Crippen LogP contribution in [0, 0.1) is 17.8 Å². The first kappa shape index (κ1) is 11.0. The van der Waals surface area contributed by atoms with Crippen LogP contribution in [0.15, 0.2) is 0 Å². The van der Waals surface area contributed by atoms with Gasteiger partial charge in [0.1, 0.15) is 5.92 Å². The monoisotopic (exact) mass is 199 g/mol. The van der Waals surface area contributed by atoms with Crippen molar-refractivity contribution < 1.29 is 14.3 Å². The van der Waals surface area contributed by atoms with E-state index in [-0.39, 0.29) is 11.8 Å². The summed E-state index contributed by atoms with van der Waals surface area (Å²) in [5.41, 5.74) is 0. The van der Waals surface area contributed by atoms with Crippen molar-refractivity contribution >= 4 is 11.9 Å². The molecule has 4 heteroatoms. The number of nitrogens with one attached hydrogen (secondary N) is 1. The van der Waals surface area contributed by atoms with Crippen molar-refractivity contribution in [2.45, 2.75) is 20.8 Å². The third-order valence-electron chi connectivity index (χ3n) is 2.84. The van der Waals surface area contributed by atoms with Gasteiger partial charge in [-0.1, -0.05) is 13.8 Å². The number of amides is 1. The van der Waals surface area contributed by atoms with E-state index in [4.69, 9.17) is 4.74 Å². The number of carbonyl (C=O) groups excluding carboxylic acids is 2. The number of hydrogen-bond acceptors (Lipinski definition) is 3. The van der Waals surface area contributed by atoms with Crippen molar-refractivity contribution in [1.82, 2.24) is 5.32 Å². The Bertz CT molecular complexity index is 240. The summed E-state index contributed by atoms with van der Waals surface area (Å²) in [5.74, 6) is -0.846. The van der Waals surface area contributed by atoms with E-state index in [1.54, 1.807) is 6.92 Å².